The first kappa shape index (κ1) is 14.6. The Balaban J connectivity index is 2.19. The number of benzene rings is 1. The predicted molar refractivity (Wildman–Crippen MR) is 76.3 cm³/mol. The quantitative estimate of drug-likeness (QED) is 0.826. The van der Waals surface area contributed by atoms with Gasteiger partial charge in [0, 0.05) is 31.9 Å². The van der Waals surface area contributed by atoms with Crippen LogP contribution in [0.3, 0.4) is 0 Å². The smallest absolute Gasteiger partial charge is 0.255 e. The monoisotopic (exact) mass is 273 g/mol. The largest absolute Gasteiger partial charge is 0.384 e. The lowest BCUT2D eigenvalue weighted by Crippen LogP contribution is -2.40. The molecule has 1 fully saturated rings. The molecule has 0 unspecified atom stereocenters. The van der Waals surface area contributed by atoms with Crippen molar-refractivity contribution in [2.75, 3.05) is 26.9 Å². The van der Waals surface area contributed by atoms with Crippen molar-refractivity contribution in [3.05, 3.63) is 35.4 Å². The average Bonchev–Trinajstić information content (AvgIpc) is 2.52. The molecule has 106 valence electrons. The van der Waals surface area contributed by atoms with Crippen LogP contribution in [0.1, 0.15) is 28.8 Å². The molecule has 4 nitrogen and oxygen atoms in total. The molecule has 0 saturated carbocycles. The lowest BCUT2D eigenvalue weighted by molar-refractivity contribution is 0.0362. The highest BCUT2D eigenvalue weighted by Crippen LogP contribution is 2.17. The summed E-state index contributed by atoms with van der Waals surface area (Å²) >= 11 is 0. The maximum Gasteiger partial charge on any atom is 0.255 e. The van der Waals surface area contributed by atoms with Gasteiger partial charge >= 0.3 is 0 Å². The second-order valence-corrected chi connectivity index (χ2v) is 4.77. The van der Waals surface area contributed by atoms with Gasteiger partial charge in [0.25, 0.3) is 5.91 Å². The number of hydrogen-bond donors (Lipinski definition) is 1. The Kier molecular flexibility index (Phi) is 5.16. The lowest BCUT2D eigenvalue weighted by Gasteiger charge is -2.31. The highest BCUT2D eigenvalue weighted by atomic mass is 16.5. The van der Waals surface area contributed by atoms with Gasteiger partial charge in [-0.15, -0.1) is 0 Å². The SMILES string of the molecule is CN(C(=O)c1ccccc1C#CCO)C1CCOCC1. The molecule has 1 N–H and O–H groups in total. The van der Waals surface area contributed by atoms with Crippen molar-refractivity contribution in [3.8, 4) is 11.8 Å². The van der Waals surface area contributed by atoms with Crippen molar-refractivity contribution >= 4 is 5.91 Å². The molecule has 0 atom stereocenters. The summed E-state index contributed by atoms with van der Waals surface area (Å²) in [4.78, 5) is 14.4. The van der Waals surface area contributed by atoms with Crippen molar-refractivity contribution in [3.63, 3.8) is 0 Å². The van der Waals surface area contributed by atoms with Crippen LogP contribution < -0.4 is 0 Å². The Morgan fingerprint density at radius 1 is 1.40 bits per heavy atom. The van der Waals surface area contributed by atoms with E-state index in [-0.39, 0.29) is 18.6 Å². The fraction of sp³-hybridized carbons (Fsp3) is 0.438. The highest BCUT2D eigenvalue weighted by Gasteiger charge is 2.24. The second-order valence-electron chi connectivity index (χ2n) is 4.77. The zero-order chi connectivity index (χ0) is 14.4. The van der Waals surface area contributed by atoms with Gasteiger partial charge in [0.1, 0.15) is 6.61 Å². The van der Waals surface area contributed by atoms with E-state index in [9.17, 15) is 4.79 Å². The lowest BCUT2D eigenvalue weighted by atomic mass is 10.0. The molecule has 0 spiro atoms. The molecule has 1 aromatic carbocycles. The third-order valence-electron chi connectivity index (χ3n) is 3.52. The van der Waals surface area contributed by atoms with Crippen molar-refractivity contribution in [2.45, 2.75) is 18.9 Å². The third kappa shape index (κ3) is 3.38. The number of nitrogens with zero attached hydrogens (tertiary/aromatic N) is 1. The number of carbonyl (C=O) groups excluding carboxylic acids is 1. The molecule has 20 heavy (non-hydrogen) atoms. The molecule has 0 radical (unpaired) electrons. The van der Waals surface area contributed by atoms with E-state index >= 15 is 0 Å². The van der Waals surface area contributed by atoms with Gasteiger partial charge in [0.2, 0.25) is 0 Å². The number of ether oxygens (including phenoxy) is 1. The van der Waals surface area contributed by atoms with Crippen LogP contribution in [0.15, 0.2) is 24.3 Å². The van der Waals surface area contributed by atoms with Crippen molar-refractivity contribution in [1.82, 2.24) is 4.90 Å². The zero-order valence-electron chi connectivity index (χ0n) is 11.6. The average molecular weight is 273 g/mol. The standard InChI is InChI=1S/C16H19NO3/c1-17(14-8-11-20-12-9-14)16(19)15-7-3-2-5-13(15)6-4-10-18/h2-3,5,7,14,18H,8-12H2,1H3. The molecule has 1 aliphatic heterocycles. The van der Waals surface area contributed by atoms with Crippen molar-refractivity contribution in [1.29, 1.82) is 0 Å². The minimum Gasteiger partial charge on any atom is -0.384 e. The molecule has 1 saturated heterocycles. The summed E-state index contributed by atoms with van der Waals surface area (Å²) in [5.74, 6) is 5.39. The van der Waals surface area contributed by atoms with Gasteiger partial charge in [0.05, 0.1) is 5.56 Å². The summed E-state index contributed by atoms with van der Waals surface area (Å²) in [7, 11) is 1.83. The molecular formula is C16H19NO3. The molecule has 1 aromatic rings. The van der Waals surface area contributed by atoms with Gasteiger partial charge in [-0.25, -0.2) is 0 Å². The molecular weight excluding hydrogens is 254 g/mol. The van der Waals surface area contributed by atoms with Gasteiger partial charge in [0.15, 0.2) is 0 Å². The summed E-state index contributed by atoms with van der Waals surface area (Å²) in [6.45, 7) is 1.20. The van der Waals surface area contributed by atoms with Gasteiger partial charge in [-0.3, -0.25) is 4.79 Å². The molecule has 1 aliphatic rings. The van der Waals surface area contributed by atoms with E-state index < -0.39 is 0 Å². The Morgan fingerprint density at radius 3 is 2.80 bits per heavy atom. The van der Waals surface area contributed by atoms with Gasteiger partial charge in [-0.1, -0.05) is 24.0 Å². The minimum atomic E-state index is -0.210. The molecule has 1 amide bonds. The molecule has 0 aromatic heterocycles. The maximum absolute atomic E-state index is 12.6. The molecule has 0 bridgehead atoms. The first-order valence-electron chi connectivity index (χ1n) is 6.77. The van der Waals surface area contributed by atoms with Gasteiger partial charge in [-0.2, -0.15) is 0 Å². The first-order valence-corrected chi connectivity index (χ1v) is 6.77. The number of carbonyl (C=O) groups is 1. The Hall–Kier alpha value is -1.83. The van der Waals surface area contributed by atoms with Crippen LogP contribution in [0.5, 0.6) is 0 Å². The van der Waals surface area contributed by atoms with Crippen LogP contribution in [0.2, 0.25) is 0 Å². The number of amides is 1. The fourth-order valence-electron chi connectivity index (χ4n) is 2.34. The van der Waals surface area contributed by atoms with E-state index in [1.54, 1.807) is 17.0 Å². The van der Waals surface area contributed by atoms with Crippen LogP contribution in [0.4, 0.5) is 0 Å². The summed E-state index contributed by atoms with van der Waals surface area (Å²) in [6.07, 6.45) is 1.74. The number of aliphatic hydroxyl groups excluding tert-OH is 1. The maximum atomic E-state index is 12.6. The van der Waals surface area contributed by atoms with Crippen LogP contribution in [-0.2, 0) is 4.74 Å². The van der Waals surface area contributed by atoms with Gasteiger partial charge in [-0.05, 0) is 25.0 Å². The number of aliphatic hydroxyl groups is 1. The topological polar surface area (TPSA) is 49.8 Å². The van der Waals surface area contributed by atoms with Crippen LogP contribution in [0.25, 0.3) is 0 Å². The van der Waals surface area contributed by atoms with E-state index in [1.807, 2.05) is 19.2 Å². The van der Waals surface area contributed by atoms with Gasteiger partial charge < -0.3 is 14.7 Å². The van der Waals surface area contributed by atoms with Crippen LogP contribution >= 0.6 is 0 Å². The van der Waals surface area contributed by atoms with Crippen molar-refractivity contribution < 1.29 is 14.6 Å². The summed E-state index contributed by atoms with van der Waals surface area (Å²) in [6, 6.07) is 7.46. The summed E-state index contributed by atoms with van der Waals surface area (Å²) in [5, 5.41) is 8.79. The summed E-state index contributed by atoms with van der Waals surface area (Å²) < 4.78 is 5.32. The normalized spacial score (nSPS) is 15.3. The highest BCUT2D eigenvalue weighted by molar-refractivity contribution is 5.96. The fourth-order valence-corrected chi connectivity index (χ4v) is 2.34. The third-order valence-corrected chi connectivity index (χ3v) is 3.52. The Morgan fingerprint density at radius 2 is 2.10 bits per heavy atom. The molecule has 4 heteroatoms. The molecule has 2 rings (SSSR count). The van der Waals surface area contributed by atoms with Crippen molar-refractivity contribution in [2.24, 2.45) is 0 Å². The van der Waals surface area contributed by atoms with E-state index in [0.717, 1.165) is 12.8 Å². The minimum absolute atomic E-state index is 0.0280. The Labute approximate surface area is 119 Å². The number of hydrogen-bond acceptors (Lipinski definition) is 3. The van der Waals surface area contributed by atoms with Crippen LogP contribution in [0, 0.1) is 11.8 Å². The van der Waals surface area contributed by atoms with E-state index in [2.05, 4.69) is 11.8 Å². The van der Waals surface area contributed by atoms with Crippen LogP contribution in [-0.4, -0.2) is 48.8 Å². The molecule has 1 heterocycles. The summed E-state index contributed by atoms with van der Waals surface area (Å²) in [5.41, 5.74) is 1.24. The molecule has 0 aliphatic carbocycles. The van der Waals surface area contributed by atoms with E-state index in [0.29, 0.717) is 24.3 Å². The second kappa shape index (κ2) is 7.09. The van der Waals surface area contributed by atoms with E-state index in [4.69, 9.17) is 9.84 Å². The predicted octanol–water partition coefficient (Wildman–Crippen LogP) is 1.28. The van der Waals surface area contributed by atoms with E-state index in [1.165, 1.54) is 0 Å². The Bertz CT molecular complexity index is 524. The number of rotatable bonds is 2. The first-order chi connectivity index (χ1) is 9.74. The zero-order valence-corrected chi connectivity index (χ0v) is 11.6.